The van der Waals surface area contributed by atoms with E-state index < -0.39 is 12.2 Å². The van der Waals surface area contributed by atoms with Gasteiger partial charge in [0, 0.05) is 24.8 Å². The quantitative estimate of drug-likeness (QED) is 0.453. The van der Waals surface area contributed by atoms with Crippen LogP contribution in [0.2, 0.25) is 5.02 Å². The number of nitrogens with zero attached hydrogens (tertiary/aromatic N) is 5. The van der Waals surface area contributed by atoms with Gasteiger partial charge in [0.05, 0.1) is 16.6 Å². The largest absolute Gasteiger partial charge is 0.444 e. The molecule has 2 aromatic heterocycles. The first-order valence-electron chi connectivity index (χ1n) is 12.0. The first-order valence-corrected chi connectivity index (χ1v) is 12.3. The molecular weight excluding hydrogens is 506 g/mol. The highest BCUT2D eigenvalue weighted by molar-refractivity contribution is 6.32. The van der Waals surface area contributed by atoms with Crippen molar-refractivity contribution in [1.29, 1.82) is 0 Å². The molecule has 196 valence electrons. The number of ether oxygens (including phenoxy) is 2. The maximum Gasteiger partial charge on any atom is 0.410 e. The monoisotopic (exact) mass is 532 g/mol. The number of benzene rings is 1. The van der Waals surface area contributed by atoms with Crippen molar-refractivity contribution >= 4 is 46.1 Å². The molecule has 5 heterocycles. The predicted octanol–water partition coefficient (Wildman–Crippen LogP) is 5.61. The summed E-state index contributed by atoms with van der Waals surface area (Å²) in [5, 5.41) is 3.19. The molecule has 0 saturated carbocycles. The van der Waals surface area contributed by atoms with Crippen molar-refractivity contribution in [3.8, 4) is 5.75 Å². The van der Waals surface area contributed by atoms with Crippen molar-refractivity contribution in [3.05, 3.63) is 41.7 Å². The summed E-state index contributed by atoms with van der Waals surface area (Å²) in [4.78, 5) is 30.3. The highest BCUT2D eigenvalue weighted by atomic mass is 35.5. The summed E-state index contributed by atoms with van der Waals surface area (Å²) >= 11 is 6.10. The molecular formula is C25H27ClF2N6O3. The molecule has 12 heteroatoms. The maximum atomic E-state index is 12.7. The van der Waals surface area contributed by atoms with Gasteiger partial charge in [-0.3, -0.25) is 0 Å². The third kappa shape index (κ3) is 5.46. The minimum atomic E-state index is -2.97. The van der Waals surface area contributed by atoms with Crippen LogP contribution in [0.4, 0.5) is 30.9 Å². The smallest absolute Gasteiger partial charge is 0.410 e. The second kappa shape index (κ2) is 9.77. The maximum absolute atomic E-state index is 12.7. The van der Waals surface area contributed by atoms with E-state index in [2.05, 4.69) is 24.9 Å². The van der Waals surface area contributed by atoms with Gasteiger partial charge in [-0.1, -0.05) is 11.6 Å². The van der Waals surface area contributed by atoms with Crippen LogP contribution >= 0.6 is 11.6 Å². The standard InChI is InChI=1S/C25H27ClF2N6O3/c1-25(2,3)37-24(35)34-12-15-5-6-16(34)11-33(15)20-9-7-18-21(32-20)22(30-13-29-18)31-14-4-8-19(17(26)10-14)36-23(27)28/h4,7-10,13,15-16,23H,5-6,11-12H2,1-3H3,(H,29,30,31)/t15-,16-/m0/s1. The van der Waals surface area contributed by atoms with Crippen molar-refractivity contribution in [2.45, 2.75) is 57.9 Å². The lowest BCUT2D eigenvalue weighted by Crippen LogP contribution is -2.64. The topological polar surface area (TPSA) is 92.7 Å². The molecule has 3 aliphatic rings. The van der Waals surface area contributed by atoms with Crippen LogP contribution in [0.3, 0.4) is 0 Å². The Morgan fingerprint density at radius 2 is 1.92 bits per heavy atom. The number of nitrogens with one attached hydrogen (secondary N) is 1. The van der Waals surface area contributed by atoms with Crippen molar-refractivity contribution in [3.63, 3.8) is 0 Å². The summed E-state index contributed by atoms with van der Waals surface area (Å²) < 4.78 is 35.1. The van der Waals surface area contributed by atoms with Crippen LogP contribution in [0.5, 0.6) is 5.75 Å². The third-order valence-corrected chi connectivity index (χ3v) is 6.63. The minimum absolute atomic E-state index is 0.0381. The number of pyridine rings is 1. The first kappa shape index (κ1) is 25.2. The number of halogens is 3. The number of rotatable bonds is 5. The zero-order chi connectivity index (χ0) is 26.3. The van der Waals surface area contributed by atoms with Crippen LogP contribution in [0, 0.1) is 0 Å². The second-order valence-corrected chi connectivity index (χ2v) is 10.5. The first-order chi connectivity index (χ1) is 17.6. The molecule has 0 radical (unpaired) electrons. The summed E-state index contributed by atoms with van der Waals surface area (Å²) in [6, 6.07) is 8.36. The number of carbonyl (C=O) groups excluding carboxylic acids is 1. The Kier molecular flexibility index (Phi) is 6.65. The molecule has 3 aliphatic heterocycles. The van der Waals surface area contributed by atoms with Gasteiger partial charge >= 0.3 is 12.7 Å². The molecule has 37 heavy (non-hydrogen) atoms. The van der Waals surface area contributed by atoms with Crippen LogP contribution < -0.4 is 15.0 Å². The predicted molar refractivity (Wildman–Crippen MR) is 136 cm³/mol. The average Bonchev–Trinajstić information content (AvgIpc) is 2.84. The molecule has 2 atom stereocenters. The van der Waals surface area contributed by atoms with Gasteiger partial charge in [-0.05, 0) is 63.9 Å². The summed E-state index contributed by atoms with van der Waals surface area (Å²) in [5.74, 6) is 1.10. The van der Waals surface area contributed by atoms with E-state index in [9.17, 15) is 13.6 Å². The van der Waals surface area contributed by atoms with Crippen LogP contribution in [0.25, 0.3) is 11.0 Å². The average molecular weight is 533 g/mol. The van der Waals surface area contributed by atoms with Gasteiger partial charge in [-0.25, -0.2) is 19.7 Å². The number of anilines is 3. The fraction of sp³-hybridized carbons (Fsp3) is 0.440. The molecule has 0 aliphatic carbocycles. The number of amides is 1. The summed E-state index contributed by atoms with van der Waals surface area (Å²) in [6.07, 6.45) is 3.00. The molecule has 0 spiro atoms. The zero-order valence-electron chi connectivity index (χ0n) is 20.6. The van der Waals surface area contributed by atoms with Gasteiger partial charge in [-0.15, -0.1) is 0 Å². The van der Waals surface area contributed by atoms with E-state index >= 15 is 0 Å². The molecule has 2 bridgehead atoms. The van der Waals surface area contributed by atoms with Crippen LogP contribution in [-0.2, 0) is 4.74 Å². The Balaban J connectivity index is 1.37. The van der Waals surface area contributed by atoms with E-state index in [4.69, 9.17) is 21.3 Å². The molecule has 9 nitrogen and oxygen atoms in total. The number of alkyl halides is 2. The molecule has 3 fully saturated rings. The Morgan fingerprint density at radius 1 is 1.14 bits per heavy atom. The molecule has 3 saturated heterocycles. The van der Waals surface area contributed by atoms with Crippen LogP contribution in [0.1, 0.15) is 33.6 Å². The SMILES string of the molecule is CC(C)(C)OC(=O)N1C[C@@H]2CC[C@H]1CN2c1ccc2ncnc(Nc3ccc(OC(F)F)c(Cl)c3)c2n1. The molecule has 1 aromatic carbocycles. The lowest BCUT2D eigenvalue weighted by atomic mass is 9.91. The van der Waals surface area contributed by atoms with Crippen molar-refractivity contribution < 1.29 is 23.0 Å². The van der Waals surface area contributed by atoms with Gasteiger partial charge in [0.2, 0.25) is 0 Å². The van der Waals surface area contributed by atoms with Gasteiger partial charge in [0.15, 0.2) is 5.82 Å². The number of hydrogen-bond acceptors (Lipinski definition) is 8. The number of hydrogen-bond donors (Lipinski definition) is 1. The molecule has 1 amide bonds. The van der Waals surface area contributed by atoms with E-state index in [1.54, 1.807) is 6.07 Å². The molecule has 1 N–H and O–H groups in total. The Hall–Kier alpha value is -3.47. The summed E-state index contributed by atoms with van der Waals surface area (Å²) in [6.45, 7) is 3.86. The normalized spacial score (nSPS) is 19.4. The number of piperidine rings is 2. The fourth-order valence-electron chi connectivity index (χ4n) is 4.74. The van der Waals surface area contributed by atoms with E-state index in [1.165, 1.54) is 18.5 Å². The lowest BCUT2D eigenvalue weighted by Gasteiger charge is -2.51. The number of piperazine rings is 1. The van der Waals surface area contributed by atoms with Crippen LogP contribution in [0.15, 0.2) is 36.7 Å². The minimum Gasteiger partial charge on any atom is -0.444 e. The Bertz CT molecular complexity index is 1320. The van der Waals surface area contributed by atoms with Crippen LogP contribution in [-0.4, -0.2) is 63.3 Å². The van der Waals surface area contributed by atoms with E-state index in [0.29, 0.717) is 35.6 Å². The van der Waals surface area contributed by atoms with Crippen molar-refractivity contribution in [2.24, 2.45) is 0 Å². The zero-order valence-corrected chi connectivity index (χ0v) is 21.4. The molecule has 3 aromatic rings. The van der Waals surface area contributed by atoms with Gasteiger partial charge < -0.3 is 24.6 Å². The summed E-state index contributed by atoms with van der Waals surface area (Å²) in [5.41, 5.74) is 1.18. The van der Waals surface area contributed by atoms with Gasteiger partial charge in [-0.2, -0.15) is 8.78 Å². The Labute approximate surface area is 217 Å². The highest BCUT2D eigenvalue weighted by Gasteiger charge is 2.43. The number of aromatic nitrogens is 3. The third-order valence-electron chi connectivity index (χ3n) is 6.33. The number of carbonyl (C=O) groups is 1. The summed E-state index contributed by atoms with van der Waals surface area (Å²) in [7, 11) is 0. The van der Waals surface area contributed by atoms with Crippen molar-refractivity contribution in [2.75, 3.05) is 23.3 Å². The van der Waals surface area contributed by atoms with E-state index in [-0.39, 0.29) is 28.9 Å². The van der Waals surface area contributed by atoms with Gasteiger partial charge in [0.25, 0.3) is 0 Å². The fourth-order valence-corrected chi connectivity index (χ4v) is 4.97. The van der Waals surface area contributed by atoms with Crippen molar-refractivity contribution in [1.82, 2.24) is 19.9 Å². The van der Waals surface area contributed by atoms with Gasteiger partial charge in [0.1, 0.15) is 29.0 Å². The molecule has 0 unspecified atom stereocenters. The van der Waals surface area contributed by atoms with E-state index in [1.807, 2.05) is 37.8 Å². The lowest BCUT2D eigenvalue weighted by molar-refractivity contribution is -0.0497. The highest BCUT2D eigenvalue weighted by Crippen LogP contribution is 2.35. The number of fused-ring (bicyclic) bond motifs is 4. The second-order valence-electron chi connectivity index (χ2n) is 10.1. The molecule has 6 rings (SSSR count). The Morgan fingerprint density at radius 3 is 2.59 bits per heavy atom. The van der Waals surface area contributed by atoms with E-state index in [0.717, 1.165) is 18.7 Å².